The number of rotatable bonds is 4. The second kappa shape index (κ2) is 5.31. The first kappa shape index (κ1) is 12.1. The lowest BCUT2D eigenvalue weighted by Crippen LogP contribution is -2.26. The van der Waals surface area contributed by atoms with Crippen LogP contribution in [0.25, 0.3) is 0 Å². The van der Waals surface area contributed by atoms with Crippen LogP contribution in [0, 0.1) is 0 Å². The summed E-state index contributed by atoms with van der Waals surface area (Å²) in [5.74, 6) is 0.409. The number of hydrogen-bond donors (Lipinski definition) is 1. The Labute approximate surface area is 105 Å². The van der Waals surface area contributed by atoms with E-state index in [0.29, 0.717) is 18.1 Å². The minimum Gasteiger partial charge on any atom is -0.481 e. The van der Waals surface area contributed by atoms with Crippen LogP contribution in [0.3, 0.4) is 0 Å². The van der Waals surface area contributed by atoms with Crippen molar-refractivity contribution in [1.29, 1.82) is 0 Å². The van der Waals surface area contributed by atoms with E-state index in [2.05, 4.69) is 15.2 Å². The summed E-state index contributed by atoms with van der Waals surface area (Å²) in [6, 6.07) is 7.09. The van der Waals surface area contributed by atoms with Gasteiger partial charge in [-0.15, -0.1) is 0 Å². The fraction of sp³-hybridized carbons (Fsp3) is 0.250. The van der Waals surface area contributed by atoms with Gasteiger partial charge in [-0.25, -0.2) is 4.98 Å². The van der Waals surface area contributed by atoms with Gasteiger partial charge in [0, 0.05) is 19.3 Å². The largest absolute Gasteiger partial charge is 0.481 e. The van der Waals surface area contributed by atoms with Gasteiger partial charge >= 0.3 is 0 Å². The van der Waals surface area contributed by atoms with Gasteiger partial charge in [-0.3, -0.25) is 9.89 Å². The highest BCUT2D eigenvalue weighted by Gasteiger charge is 2.13. The molecule has 0 aliphatic rings. The van der Waals surface area contributed by atoms with Crippen LogP contribution in [-0.2, 0) is 6.54 Å². The van der Waals surface area contributed by atoms with Crippen molar-refractivity contribution in [3.63, 3.8) is 0 Å². The summed E-state index contributed by atoms with van der Waals surface area (Å²) in [5.41, 5.74) is 1.23. The van der Waals surface area contributed by atoms with Gasteiger partial charge in [-0.05, 0) is 12.1 Å². The van der Waals surface area contributed by atoms with Crippen LogP contribution in [0.5, 0.6) is 5.88 Å². The van der Waals surface area contributed by atoms with Crippen molar-refractivity contribution >= 4 is 5.91 Å². The topological polar surface area (TPSA) is 71.1 Å². The number of carbonyl (C=O) groups excluding carboxylic acids is 1. The molecule has 0 aliphatic heterocycles. The molecule has 2 aromatic rings. The number of nitrogens with one attached hydrogen (secondary N) is 1. The van der Waals surface area contributed by atoms with E-state index >= 15 is 0 Å². The van der Waals surface area contributed by atoms with E-state index in [0.717, 1.165) is 5.69 Å². The fourth-order valence-electron chi connectivity index (χ4n) is 1.55. The number of hydrogen-bond acceptors (Lipinski definition) is 4. The Hall–Kier alpha value is -2.37. The molecule has 0 bridgehead atoms. The fourth-order valence-corrected chi connectivity index (χ4v) is 1.55. The molecule has 0 atom stereocenters. The number of amides is 1. The van der Waals surface area contributed by atoms with Crippen LogP contribution < -0.4 is 4.74 Å². The van der Waals surface area contributed by atoms with Crippen LogP contribution in [0.1, 0.15) is 16.2 Å². The van der Waals surface area contributed by atoms with Gasteiger partial charge in [-0.1, -0.05) is 6.07 Å². The van der Waals surface area contributed by atoms with E-state index in [1.807, 2.05) is 12.1 Å². The molecule has 6 nitrogen and oxygen atoms in total. The summed E-state index contributed by atoms with van der Waals surface area (Å²) >= 11 is 0. The number of ether oxygens (including phenoxy) is 1. The molecule has 0 unspecified atom stereocenters. The predicted octanol–water partition coefficient (Wildman–Crippen LogP) is 1.09. The van der Waals surface area contributed by atoms with Gasteiger partial charge in [0.25, 0.3) is 5.91 Å². The Balaban J connectivity index is 2.06. The Morgan fingerprint density at radius 3 is 2.94 bits per heavy atom. The van der Waals surface area contributed by atoms with Crippen molar-refractivity contribution in [1.82, 2.24) is 20.1 Å². The maximum Gasteiger partial charge on any atom is 0.271 e. The maximum atomic E-state index is 12.0. The zero-order valence-electron chi connectivity index (χ0n) is 10.3. The summed E-state index contributed by atoms with van der Waals surface area (Å²) in [6.45, 7) is 0.412. The quantitative estimate of drug-likeness (QED) is 0.876. The molecule has 94 valence electrons. The molecule has 2 heterocycles. The smallest absolute Gasteiger partial charge is 0.271 e. The molecular formula is C12H14N4O2. The van der Waals surface area contributed by atoms with E-state index < -0.39 is 0 Å². The van der Waals surface area contributed by atoms with Crippen LogP contribution >= 0.6 is 0 Å². The molecule has 0 saturated heterocycles. The van der Waals surface area contributed by atoms with Crippen molar-refractivity contribution in [2.75, 3.05) is 14.2 Å². The van der Waals surface area contributed by atoms with Crippen molar-refractivity contribution in [3.8, 4) is 5.88 Å². The first-order chi connectivity index (χ1) is 8.70. The number of aromatic nitrogens is 3. The molecule has 6 heteroatoms. The second-order valence-electron chi connectivity index (χ2n) is 3.80. The number of aromatic amines is 1. The van der Waals surface area contributed by atoms with Crippen molar-refractivity contribution in [2.45, 2.75) is 6.54 Å². The lowest BCUT2D eigenvalue weighted by molar-refractivity contribution is 0.0777. The van der Waals surface area contributed by atoms with Gasteiger partial charge < -0.3 is 9.64 Å². The number of H-pyrrole nitrogens is 1. The molecule has 0 saturated carbocycles. The zero-order chi connectivity index (χ0) is 13.0. The monoisotopic (exact) mass is 246 g/mol. The Morgan fingerprint density at radius 2 is 2.28 bits per heavy atom. The second-order valence-corrected chi connectivity index (χ2v) is 3.80. The van der Waals surface area contributed by atoms with Crippen LogP contribution in [0.4, 0.5) is 0 Å². The molecular weight excluding hydrogens is 232 g/mol. The zero-order valence-corrected chi connectivity index (χ0v) is 10.3. The van der Waals surface area contributed by atoms with Crippen LogP contribution in [0.15, 0.2) is 30.5 Å². The Kier molecular flexibility index (Phi) is 3.57. The van der Waals surface area contributed by atoms with E-state index in [9.17, 15) is 4.79 Å². The van der Waals surface area contributed by atoms with Gasteiger partial charge in [-0.2, -0.15) is 5.10 Å². The van der Waals surface area contributed by atoms with Gasteiger partial charge in [0.05, 0.1) is 19.3 Å². The molecule has 0 fully saturated rings. The SMILES string of the molecule is COc1cccc(CN(C)C(=O)c2ccn[nH]2)n1. The predicted molar refractivity (Wildman–Crippen MR) is 65.2 cm³/mol. The summed E-state index contributed by atoms with van der Waals surface area (Å²) < 4.78 is 5.04. The number of carbonyl (C=O) groups is 1. The average molecular weight is 246 g/mol. The third-order valence-electron chi connectivity index (χ3n) is 2.47. The Bertz CT molecular complexity index is 525. The number of nitrogens with zero attached hydrogens (tertiary/aromatic N) is 3. The molecule has 2 aromatic heterocycles. The normalized spacial score (nSPS) is 10.1. The lowest BCUT2D eigenvalue weighted by atomic mass is 10.3. The minimum atomic E-state index is -0.128. The average Bonchev–Trinajstić information content (AvgIpc) is 2.92. The molecule has 0 aliphatic carbocycles. The molecule has 0 aromatic carbocycles. The summed E-state index contributed by atoms with van der Waals surface area (Å²) in [7, 11) is 3.27. The number of pyridine rings is 1. The first-order valence-corrected chi connectivity index (χ1v) is 5.45. The third kappa shape index (κ3) is 2.65. The highest BCUT2D eigenvalue weighted by atomic mass is 16.5. The first-order valence-electron chi connectivity index (χ1n) is 5.45. The van der Waals surface area contributed by atoms with Crippen LogP contribution in [0.2, 0.25) is 0 Å². The van der Waals surface area contributed by atoms with Crippen molar-refractivity contribution < 1.29 is 9.53 Å². The molecule has 1 N–H and O–H groups in total. The minimum absolute atomic E-state index is 0.128. The summed E-state index contributed by atoms with van der Waals surface area (Å²) in [6.07, 6.45) is 1.55. The van der Waals surface area contributed by atoms with E-state index in [1.54, 1.807) is 37.4 Å². The number of methoxy groups -OCH3 is 1. The van der Waals surface area contributed by atoms with Gasteiger partial charge in [0.2, 0.25) is 5.88 Å². The van der Waals surface area contributed by atoms with E-state index in [1.165, 1.54) is 0 Å². The highest BCUT2D eigenvalue weighted by molar-refractivity contribution is 5.91. The van der Waals surface area contributed by atoms with Gasteiger partial charge in [0.1, 0.15) is 5.69 Å². The Morgan fingerprint density at radius 1 is 1.44 bits per heavy atom. The van der Waals surface area contributed by atoms with Gasteiger partial charge in [0.15, 0.2) is 0 Å². The third-order valence-corrected chi connectivity index (χ3v) is 2.47. The molecule has 2 rings (SSSR count). The molecule has 0 spiro atoms. The molecule has 18 heavy (non-hydrogen) atoms. The summed E-state index contributed by atoms with van der Waals surface area (Å²) in [5, 5.41) is 6.39. The standard InChI is InChI=1S/C12H14N4O2/c1-16(12(17)10-6-7-13-15-10)8-9-4-3-5-11(14-9)18-2/h3-7H,8H2,1-2H3,(H,13,15). The van der Waals surface area contributed by atoms with Crippen LogP contribution in [-0.4, -0.2) is 40.1 Å². The molecule has 1 amide bonds. The summed E-state index contributed by atoms with van der Waals surface area (Å²) in [4.78, 5) is 17.8. The van der Waals surface area contributed by atoms with E-state index in [-0.39, 0.29) is 5.91 Å². The lowest BCUT2D eigenvalue weighted by Gasteiger charge is -2.15. The highest BCUT2D eigenvalue weighted by Crippen LogP contribution is 2.09. The van der Waals surface area contributed by atoms with E-state index in [4.69, 9.17) is 4.74 Å². The maximum absolute atomic E-state index is 12.0. The molecule has 0 radical (unpaired) electrons. The van der Waals surface area contributed by atoms with Crippen molar-refractivity contribution in [2.24, 2.45) is 0 Å². The van der Waals surface area contributed by atoms with Crippen molar-refractivity contribution in [3.05, 3.63) is 41.9 Å².